The maximum atomic E-state index is 14.1. The molecule has 0 spiro atoms. The van der Waals surface area contributed by atoms with Crippen LogP contribution in [0.25, 0.3) is 11.1 Å². The second-order valence-corrected chi connectivity index (χ2v) is 5.40. The average molecular weight is 349 g/mol. The molecule has 0 fully saturated rings. The lowest BCUT2D eigenvalue weighted by Gasteiger charge is -2.11. The molecule has 2 rings (SSSR count). The molecule has 0 saturated carbocycles. The molecule has 2 N–H and O–H groups in total. The second kappa shape index (κ2) is 5.57. The van der Waals surface area contributed by atoms with E-state index in [1.54, 1.807) is 30.3 Å². The van der Waals surface area contributed by atoms with Gasteiger partial charge in [0.1, 0.15) is 0 Å². The molecule has 0 aliphatic carbocycles. The highest BCUT2D eigenvalue weighted by molar-refractivity contribution is 9.10. The van der Waals surface area contributed by atoms with Crippen molar-refractivity contribution in [2.45, 2.75) is 6.54 Å². The SMILES string of the molecule is NCc1cc(Cl)ccc1-c1ccc(Br)c(Cl)c1F. The maximum absolute atomic E-state index is 14.1. The van der Waals surface area contributed by atoms with E-state index in [1.165, 1.54) is 0 Å². The Morgan fingerprint density at radius 1 is 1.11 bits per heavy atom. The topological polar surface area (TPSA) is 26.0 Å². The summed E-state index contributed by atoms with van der Waals surface area (Å²) in [6.45, 7) is 0.281. The van der Waals surface area contributed by atoms with Gasteiger partial charge >= 0.3 is 0 Å². The average Bonchev–Trinajstić information content (AvgIpc) is 2.37. The van der Waals surface area contributed by atoms with Gasteiger partial charge in [-0.3, -0.25) is 0 Å². The predicted molar refractivity (Wildman–Crippen MR) is 77.4 cm³/mol. The van der Waals surface area contributed by atoms with Gasteiger partial charge in [0.2, 0.25) is 0 Å². The summed E-state index contributed by atoms with van der Waals surface area (Å²) in [6, 6.07) is 8.54. The van der Waals surface area contributed by atoms with Crippen LogP contribution in [0.2, 0.25) is 10.0 Å². The molecule has 0 heterocycles. The molecule has 1 nitrogen and oxygen atoms in total. The molecule has 0 saturated heterocycles. The van der Waals surface area contributed by atoms with E-state index < -0.39 is 5.82 Å². The summed E-state index contributed by atoms with van der Waals surface area (Å²) in [6.07, 6.45) is 0. The van der Waals surface area contributed by atoms with Crippen molar-refractivity contribution >= 4 is 39.1 Å². The number of hydrogen-bond donors (Lipinski definition) is 1. The van der Waals surface area contributed by atoms with Crippen molar-refractivity contribution in [3.05, 3.63) is 56.2 Å². The summed E-state index contributed by atoms with van der Waals surface area (Å²) in [5.41, 5.74) is 7.55. The summed E-state index contributed by atoms with van der Waals surface area (Å²) in [4.78, 5) is 0. The Labute approximate surface area is 123 Å². The number of nitrogens with two attached hydrogens (primary N) is 1. The third-order valence-electron chi connectivity index (χ3n) is 2.61. The smallest absolute Gasteiger partial charge is 0.150 e. The van der Waals surface area contributed by atoms with Crippen molar-refractivity contribution in [1.29, 1.82) is 0 Å². The molecule has 0 radical (unpaired) electrons. The summed E-state index contributed by atoms with van der Waals surface area (Å²) >= 11 is 15.0. The molecule has 5 heteroatoms. The van der Waals surface area contributed by atoms with Crippen molar-refractivity contribution < 1.29 is 4.39 Å². The van der Waals surface area contributed by atoms with Gasteiger partial charge < -0.3 is 5.73 Å². The van der Waals surface area contributed by atoms with Crippen LogP contribution in [0, 0.1) is 5.82 Å². The Morgan fingerprint density at radius 2 is 1.78 bits per heavy atom. The Kier molecular flexibility index (Phi) is 4.28. The molecule has 0 aliphatic rings. The van der Waals surface area contributed by atoms with Gasteiger partial charge in [-0.1, -0.05) is 35.3 Å². The van der Waals surface area contributed by atoms with Crippen LogP contribution in [0.1, 0.15) is 5.56 Å². The maximum Gasteiger partial charge on any atom is 0.150 e. The largest absolute Gasteiger partial charge is 0.326 e. The van der Waals surface area contributed by atoms with Crippen molar-refractivity contribution in [2.24, 2.45) is 5.73 Å². The standard InChI is InChI=1S/C13H9BrCl2FN/c14-11-4-3-10(13(17)12(11)16)9-2-1-8(15)5-7(9)6-18/h1-5H,6,18H2. The van der Waals surface area contributed by atoms with Crippen LogP contribution in [0.15, 0.2) is 34.8 Å². The van der Waals surface area contributed by atoms with Crippen molar-refractivity contribution in [2.75, 3.05) is 0 Å². The first-order valence-corrected chi connectivity index (χ1v) is 6.72. The lowest BCUT2D eigenvalue weighted by Crippen LogP contribution is -2.00. The van der Waals surface area contributed by atoms with E-state index in [1.807, 2.05) is 0 Å². The van der Waals surface area contributed by atoms with Crippen molar-refractivity contribution in [1.82, 2.24) is 0 Å². The molecule has 0 unspecified atom stereocenters. The minimum Gasteiger partial charge on any atom is -0.326 e. The number of hydrogen-bond acceptors (Lipinski definition) is 1. The van der Waals surface area contributed by atoms with Gasteiger partial charge in [0, 0.05) is 21.6 Å². The first-order chi connectivity index (χ1) is 8.54. The fourth-order valence-electron chi connectivity index (χ4n) is 1.73. The van der Waals surface area contributed by atoms with E-state index in [-0.39, 0.29) is 11.6 Å². The lowest BCUT2D eigenvalue weighted by atomic mass is 9.99. The fourth-order valence-corrected chi connectivity index (χ4v) is 2.39. The minimum absolute atomic E-state index is 0.0606. The number of benzene rings is 2. The molecule has 0 aromatic heterocycles. The van der Waals surface area contributed by atoms with E-state index in [0.29, 0.717) is 20.6 Å². The van der Waals surface area contributed by atoms with Crippen LogP contribution >= 0.6 is 39.1 Å². The fraction of sp³-hybridized carbons (Fsp3) is 0.0769. The van der Waals surface area contributed by atoms with Crippen LogP contribution in [0.4, 0.5) is 4.39 Å². The van der Waals surface area contributed by atoms with Gasteiger partial charge in [0.25, 0.3) is 0 Å². The molecule has 2 aromatic rings. The Hall–Kier alpha value is -0.610. The normalized spacial score (nSPS) is 10.7. The highest BCUT2D eigenvalue weighted by Gasteiger charge is 2.14. The third-order valence-corrected chi connectivity index (χ3v) is 4.11. The van der Waals surface area contributed by atoms with Gasteiger partial charge in [-0.15, -0.1) is 0 Å². The van der Waals surface area contributed by atoms with Crippen LogP contribution in [-0.4, -0.2) is 0 Å². The van der Waals surface area contributed by atoms with Crippen LogP contribution in [-0.2, 0) is 6.54 Å². The highest BCUT2D eigenvalue weighted by Crippen LogP contribution is 2.35. The molecule has 2 aromatic carbocycles. The Bertz CT molecular complexity index is 602. The molecule has 0 amide bonds. The monoisotopic (exact) mass is 347 g/mol. The summed E-state index contributed by atoms with van der Waals surface area (Å²) in [5.74, 6) is -0.469. The van der Waals surface area contributed by atoms with Crippen LogP contribution in [0.5, 0.6) is 0 Å². The highest BCUT2D eigenvalue weighted by atomic mass is 79.9. The minimum atomic E-state index is -0.469. The summed E-state index contributed by atoms with van der Waals surface area (Å²) in [7, 11) is 0. The summed E-state index contributed by atoms with van der Waals surface area (Å²) in [5, 5.41) is 0.633. The molecule has 0 atom stereocenters. The van der Waals surface area contributed by atoms with E-state index in [9.17, 15) is 4.39 Å². The van der Waals surface area contributed by atoms with Gasteiger partial charge in [-0.25, -0.2) is 4.39 Å². The third kappa shape index (κ3) is 2.54. The molecular formula is C13H9BrCl2FN. The van der Waals surface area contributed by atoms with Gasteiger partial charge in [-0.2, -0.15) is 0 Å². The lowest BCUT2D eigenvalue weighted by molar-refractivity contribution is 0.630. The van der Waals surface area contributed by atoms with Crippen molar-refractivity contribution in [3.8, 4) is 11.1 Å². The Balaban J connectivity index is 2.66. The first kappa shape index (κ1) is 13.8. The quantitative estimate of drug-likeness (QED) is 0.757. The zero-order valence-corrected chi connectivity index (χ0v) is 12.3. The van der Waals surface area contributed by atoms with Crippen LogP contribution in [0.3, 0.4) is 0 Å². The van der Waals surface area contributed by atoms with E-state index in [4.69, 9.17) is 28.9 Å². The van der Waals surface area contributed by atoms with Crippen molar-refractivity contribution in [3.63, 3.8) is 0 Å². The van der Waals surface area contributed by atoms with Crippen LogP contribution < -0.4 is 5.73 Å². The number of halogens is 4. The zero-order valence-electron chi connectivity index (χ0n) is 9.18. The Morgan fingerprint density at radius 3 is 2.44 bits per heavy atom. The van der Waals surface area contributed by atoms with E-state index >= 15 is 0 Å². The first-order valence-electron chi connectivity index (χ1n) is 5.17. The molecular weight excluding hydrogens is 340 g/mol. The van der Waals surface area contributed by atoms with E-state index in [0.717, 1.165) is 5.56 Å². The van der Waals surface area contributed by atoms with Gasteiger partial charge in [0.05, 0.1) is 5.02 Å². The molecule has 94 valence electrons. The van der Waals surface area contributed by atoms with Gasteiger partial charge in [0.15, 0.2) is 5.82 Å². The van der Waals surface area contributed by atoms with E-state index in [2.05, 4.69) is 15.9 Å². The predicted octanol–water partition coefficient (Wildman–Crippen LogP) is 5.02. The number of rotatable bonds is 2. The molecule has 18 heavy (non-hydrogen) atoms. The molecule has 0 aliphatic heterocycles. The van der Waals surface area contributed by atoms with Gasteiger partial charge in [-0.05, 0) is 45.3 Å². The molecule has 0 bridgehead atoms. The summed E-state index contributed by atoms with van der Waals surface area (Å²) < 4.78 is 14.7. The zero-order chi connectivity index (χ0) is 13.3. The second-order valence-electron chi connectivity index (χ2n) is 3.73.